The largest absolute Gasteiger partial charge is 0.404 e. The third-order valence-electron chi connectivity index (χ3n) is 5.79. The fourth-order valence-electron chi connectivity index (χ4n) is 3.54. The van der Waals surface area contributed by atoms with Crippen molar-refractivity contribution in [3.05, 3.63) is 74.4 Å². The quantitative estimate of drug-likeness (QED) is 0.250. The Morgan fingerprint density at radius 1 is 1.13 bits per heavy atom. The van der Waals surface area contributed by atoms with Gasteiger partial charge in [0.2, 0.25) is 5.91 Å². The van der Waals surface area contributed by atoms with Crippen LogP contribution in [0.5, 0.6) is 0 Å². The molecule has 0 fully saturated rings. The Labute approximate surface area is 198 Å². The average molecular weight is 557 g/mol. The summed E-state index contributed by atoms with van der Waals surface area (Å²) < 4.78 is 38.4. The summed E-state index contributed by atoms with van der Waals surface area (Å²) in [6.45, 7) is 7.97. The van der Waals surface area contributed by atoms with Gasteiger partial charge in [-0.1, -0.05) is 56.7 Å². The van der Waals surface area contributed by atoms with Crippen molar-refractivity contribution in [1.82, 2.24) is 0 Å². The molecule has 168 valence electrons. The van der Waals surface area contributed by atoms with Gasteiger partial charge < -0.3 is 10.2 Å². The van der Waals surface area contributed by atoms with E-state index >= 15 is 8.78 Å². The smallest absolute Gasteiger partial charge is 0.295 e. The third kappa shape index (κ3) is 6.46. The molecule has 1 atom stereocenters. The molecule has 0 aliphatic heterocycles. The van der Waals surface area contributed by atoms with Crippen LogP contribution < -0.4 is 5.73 Å². The molecule has 2 aromatic carbocycles. The average Bonchev–Trinajstić information content (AvgIpc) is 2.74. The molecule has 1 amide bonds. The van der Waals surface area contributed by atoms with E-state index in [0.717, 1.165) is 33.3 Å². The van der Waals surface area contributed by atoms with E-state index in [-0.39, 0.29) is 5.56 Å². The maximum absolute atomic E-state index is 15.6. The summed E-state index contributed by atoms with van der Waals surface area (Å²) in [4.78, 5) is 11.7. The van der Waals surface area contributed by atoms with Crippen LogP contribution in [0, 0.1) is 10.5 Å². The molecule has 2 rings (SSSR count). The van der Waals surface area contributed by atoms with Crippen molar-refractivity contribution >= 4 is 42.9 Å². The number of hydrogen-bond donors (Lipinski definition) is 1. The minimum absolute atomic E-state index is 0.208. The zero-order chi connectivity index (χ0) is 23.2. The molecule has 0 aliphatic carbocycles. The van der Waals surface area contributed by atoms with Crippen molar-refractivity contribution in [2.45, 2.75) is 57.9 Å². The van der Waals surface area contributed by atoms with E-state index in [2.05, 4.69) is 22.6 Å². The van der Waals surface area contributed by atoms with E-state index in [4.69, 9.17) is 10.2 Å². The van der Waals surface area contributed by atoms with Crippen molar-refractivity contribution < 1.29 is 18.0 Å². The predicted octanol–water partition coefficient (Wildman–Crippen LogP) is 7.11. The van der Waals surface area contributed by atoms with Crippen LogP contribution >= 0.6 is 22.6 Å². The Kier molecular flexibility index (Phi) is 8.97. The van der Waals surface area contributed by atoms with Crippen LogP contribution in [0.3, 0.4) is 0 Å². The van der Waals surface area contributed by atoms with E-state index in [1.54, 1.807) is 30.3 Å². The van der Waals surface area contributed by atoms with Gasteiger partial charge in [-0.05, 0) is 83.0 Å². The number of primary amides is 1. The van der Waals surface area contributed by atoms with Gasteiger partial charge in [-0.15, -0.1) is 0 Å². The zero-order valence-electron chi connectivity index (χ0n) is 18.4. The fourth-order valence-corrected chi connectivity index (χ4v) is 6.85. The summed E-state index contributed by atoms with van der Waals surface area (Å²) in [7, 11) is -2.32. The van der Waals surface area contributed by atoms with Gasteiger partial charge in [-0.3, -0.25) is 4.79 Å². The highest BCUT2D eigenvalue weighted by Gasteiger charge is 2.44. The number of alkyl halides is 2. The molecule has 2 N–H and O–H groups in total. The monoisotopic (exact) mass is 557 g/mol. The van der Waals surface area contributed by atoms with E-state index in [1.165, 1.54) is 6.08 Å². The van der Waals surface area contributed by atoms with Gasteiger partial charge in [0.1, 0.15) is 6.10 Å². The lowest BCUT2D eigenvalue weighted by atomic mass is 10.00. The number of aryl methyl sites for hydroxylation is 1. The normalized spacial score (nSPS) is 13.5. The first-order valence-corrected chi connectivity index (χ1v) is 14.1. The maximum Gasteiger partial charge on any atom is 0.295 e. The minimum atomic E-state index is -3.27. The Hall–Kier alpha value is -1.58. The van der Waals surface area contributed by atoms with Gasteiger partial charge in [-0.25, -0.2) is 0 Å². The highest BCUT2D eigenvalue weighted by atomic mass is 127. The summed E-state index contributed by atoms with van der Waals surface area (Å²) in [6.07, 6.45) is 0.728. The summed E-state index contributed by atoms with van der Waals surface area (Å²) in [5.74, 6) is -3.93. The Morgan fingerprint density at radius 3 is 2.23 bits per heavy atom. The second kappa shape index (κ2) is 10.8. The van der Waals surface area contributed by atoms with Gasteiger partial charge in [0.05, 0.1) is 0 Å². The first-order valence-electron chi connectivity index (χ1n) is 10.5. The lowest BCUT2D eigenvalue weighted by Crippen LogP contribution is -2.41. The van der Waals surface area contributed by atoms with Gasteiger partial charge in [0.25, 0.3) is 5.92 Å². The van der Waals surface area contributed by atoms with Crippen molar-refractivity contribution in [3.63, 3.8) is 0 Å². The van der Waals surface area contributed by atoms with Crippen LogP contribution in [0.25, 0.3) is 6.08 Å². The van der Waals surface area contributed by atoms with Crippen LogP contribution in [0.4, 0.5) is 8.78 Å². The molecule has 0 spiro atoms. The predicted molar refractivity (Wildman–Crippen MR) is 134 cm³/mol. The molecule has 31 heavy (non-hydrogen) atoms. The first kappa shape index (κ1) is 25.7. The first-order chi connectivity index (χ1) is 14.6. The molecule has 2 aromatic rings. The van der Waals surface area contributed by atoms with Crippen molar-refractivity contribution in [3.8, 4) is 0 Å². The van der Waals surface area contributed by atoms with Gasteiger partial charge in [0.15, 0.2) is 8.32 Å². The summed E-state index contributed by atoms with van der Waals surface area (Å²) >= 11 is 2.07. The molecule has 0 heterocycles. The maximum atomic E-state index is 15.6. The van der Waals surface area contributed by atoms with Crippen LogP contribution in [0.15, 0.2) is 48.5 Å². The number of hydrogen-bond acceptors (Lipinski definition) is 2. The lowest BCUT2D eigenvalue weighted by Gasteiger charge is -2.36. The molecule has 0 saturated heterocycles. The lowest BCUT2D eigenvalue weighted by molar-refractivity contribution is -0.0627. The van der Waals surface area contributed by atoms with Gasteiger partial charge in [0, 0.05) is 9.13 Å². The molecule has 0 aliphatic rings. The topological polar surface area (TPSA) is 52.3 Å². The van der Waals surface area contributed by atoms with Crippen molar-refractivity contribution in [1.29, 1.82) is 0 Å². The Balaban J connectivity index is 2.51. The molecule has 0 saturated carbocycles. The molecule has 0 radical (unpaired) electrons. The summed E-state index contributed by atoms with van der Waals surface area (Å²) in [5.41, 5.74) is 7.45. The third-order valence-corrected chi connectivity index (χ3v) is 11.1. The molecule has 1 unspecified atom stereocenters. The molecule has 3 nitrogen and oxygen atoms in total. The SMILES string of the molecule is CC[Si](CC)(CC)OC(c1ccc(C)cc1)C(F)(F)/C=C/c1cc(I)ccc1C(N)=O. The number of nitrogens with two attached hydrogens (primary N) is 1. The second-order valence-corrected chi connectivity index (χ2v) is 13.7. The van der Waals surface area contributed by atoms with Crippen LogP contribution in [-0.4, -0.2) is 20.1 Å². The molecule has 0 bridgehead atoms. The Morgan fingerprint density at radius 2 is 1.71 bits per heavy atom. The second-order valence-electron chi connectivity index (χ2n) is 7.76. The number of amides is 1. The number of benzene rings is 2. The number of carbonyl (C=O) groups excluding carboxylic acids is 1. The zero-order valence-corrected chi connectivity index (χ0v) is 21.6. The van der Waals surface area contributed by atoms with Crippen LogP contribution in [0.1, 0.15) is 53.9 Å². The Bertz CT molecular complexity index is 919. The summed E-state index contributed by atoms with van der Waals surface area (Å²) in [6, 6.07) is 14.3. The van der Waals surface area contributed by atoms with Gasteiger partial charge in [-0.2, -0.15) is 8.78 Å². The molecular formula is C24H30F2INO2Si. The summed E-state index contributed by atoms with van der Waals surface area (Å²) in [5, 5.41) is 0. The van der Waals surface area contributed by atoms with Crippen LogP contribution in [0.2, 0.25) is 18.1 Å². The number of carbonyl (C=O) groups is 1. The molecule has 0 aromatic heterocycles. The van der Waals surface area contributed by atoms with Crippen LogP contribution in [-0.2, 0) is 4.43 Å². The fraction of sp³-hybridized carbons (Fsp3) is 0.375. The standard InChI is InChI=1S/C24H30F2INO2Si/c1-5-31(6-2,7-3)30-22(18-10-8-17(4)9-11-18)24(25,26)15-14-19-16-20(27)12-13-21(19)23(28)29/h8-16,22H,5-7H2,1-4H3,(H2,28,29)/b15-14+. The van der Waals surface area contributed by atoms with E-state index in [0.29, 0.717) is 11.1 Å². The number of rotatable bonds is 10. The minimum Gasteiger partial charge on any atom is -0.404 e. The molecular weight excluding hydrogens is 527 g/mol. The van der Waals surface area contributed by atoms with Gasteiger partial charge >= 0.3 is 0 Å². The number of halogens is 3. The highest BCUT2D eigenvalue weighted by Crippen LogP contribution is 2.41. The molecule has 7 heteroatoms. The van der Waals surface area contributed by atoms with E-state index in [9.17, 15) is 4.79 Å². The van der Waals surface area contributed by atoms with E-state index in [1.807, 2.05) is 39.8 Å². The van der Waals surface area contributed by atoms with Crippen molar-refractivity contribution in [2.75, 3.05) is 0 Å². The highest BCUT2D eigenvalue weighted by molar-refractivity contribution is 14.1. The van der Waals surface area contributed by atoms with E-state index < -0.39 is 26.3 Å². The van der Waals surface area contributed by atoms with Crippen molar-refractivity contribution in [2.24, 2.45) is 5.73 Å².